The summed E-state index contributed by atoms with van der Waals surface area (Å²) in [5, 5.41) is 47.1. The van der Waals surface area contributed by atoms with Crippen LogP contribution in [0.3, 0.4) is 0 Å². The van der Waals surface area contributed by atoms with E-state index in [-0.39, 0.29) is 22.0 Å². The number of benzene rings is 7. The van der Waals surface area contributed by atoms with Gasteiger partial charge in [0.15, 0.2) is 5.75 Å². The summed E-state index contributed by atoms with van der Waals surface area (Å²) in [5.74, 6) is -0.0423. The second-order valence-corrected chi connectivity index (χ2v) is 15.4. The predicted molar refractivity (Wildman–Crippen MR) is 235 cm³/mol. The second kappa shape index (κ2) is 17.5. The van der Waals surface area contributed by atoms with Crippen molar-refractivity contribution in [3.8, 4) is 5.75 Å². The lowest BCUT2D eigenvalue weighted by atomic mass is 10.1. The Morgan fingerprint density at radius 2 is 1.02 bits per heavy atom. The molecule has 0 unspecified atom stereocenters. The molecule has 16 heteroatoms. The number of anilines is 1. The summed E-state index contributed by atoms with van der Waals surface area (Å²) in [6.45, 7) is 7.51. The Labute approximate surface area is 350 Å². The Morgan fingerprint density at radius 3 is 1.61 bits per heavy atom. The summed E-state index contributed by atoms with van der Waals surface area (Å²) in [6.07, 6.45) is 1.95. The van der Waals surface area contributed by atoms with Gasteiger partial charge >= 0.3 is 6.08 Å². The highest BCUT2D eigenvalue weighted by molar-refractivity contribution is 7.86. The molecule has 0 amide bonds. The van der Waals surface area contributed by atoms with Gasteiger partial charge in [0.1, 0.15) is 16.3 Å². The molecule has 0 aromatic heterocycles. The largest absolute Gasteiger partial charge is 0.505 e. The maximum absolute atomic E-state index is 11.9. The van der Waals surface area contributed by atoms with Crippen LogP contribution >= 0.6 is 0 Å². The lowest BCUT2D eigenvalue weighted by molar-refractivity contribution is 0.482. The third-order valence-electron chi connectivity index (χ3n) is 9.55. The first-order valence-electron chi connectivity index (χ1n) is 18.6. The van der Waals surface area contributed by atoms with Crippen LogP contribution in [0.15, 0.2) is 173 Å². The number of nitrogens with zero attached hydrogens (tertiary/aromatic N) is 9. The first kappa shape index (κ1) is 41.3. The molecule has 0 aliphatic rings. The smallest absolute Gasteiger partial charge is 0.437 e. The first-order chi connectivity index (χ1) is 29.3. The molecule has 61 heavy (non-hydrogen) atoms. The van der Waals surface area contributed by atoms with Crippen molar-refractivity contribution < 1.29 is 22.9 Å². The average molecular weight is 830 g/mol. The highest BCUT2D eigenvalue weighted by atomic mass is 32.2. The van der Waals surface area contributed by atoms with Crippen molar-refractivity contribution in [1.82, 2.24) is 4.58 Å². The lowest BCUT2D eigenvalue weighted by Gasteiger charge is -2.07. The number of hydrogen-bond acceptors (Lipinski definition) is 13. The van der Waals surface area contributed by atoms with Gasteiger partial charge < -0.3 is 10.8 Å². The van der Waals surface area contributed by atoms with Crippen molar-refractivity contribution in [3.63, 3.8) is 0 Å². The Balaban J connectivity index is 1.01. The van der Waals surface area contributed by atoms with Gasteiger partial charge in [0.05, 0.1) is 34.1 Å². The van der Waals surface area contributed by atoms with E-state index in [2.05, 4.69) is 40.9 Å². The average Bonchev–Trinajstić information content (AvgIpc) is 3.24. The van der Waals surface area contributed by atoms with E-state index in [1.54, 1.807) is 91.0 Å². The minimum Gasteiger partial charge on any atom is -0.505 e. The number of nitrogen functional groups attached to an aromatic ring is 1. The van der Waals surface area contributed by atoms with Crippen molar-refractivity contribution in [2.75, 3.05) is 5.73 Å². The van der Waals surface area contributed by atoms with E-state index in [0.717, 1.165) is 22.3 Å². The quantitative estimate of drug-likeness (QED) is 0.0287. The van der Waals surface area contributed by atoms with Crippen LogP contribution in [0.2, 0.25) is 0 Å². The summed E-state index contributed by atoms with van der Waals surface area (Å²) < 4.78 is 34.2. The summed E-state index contributed by atoms with van der Waals surface area (Å²) in [7, 11) is -4.45. The minimum absolute atomic E-state index is 0.0203. The van der Waals surface area contributed by atoms with Crippen LogP contribution in [0.1, 0.15) is 22.3 Å². The van der Waals surface area contributed by atoms with E-state index >= 15 is 0 Å². The fourth-order valence-electron chi connectivity index (χ4n) is 6.21. The van der Waals surface area contributed by atoms with Crippen LogP contribution in [-0.4, -0.2) is 24.2 Å². The molecule has 0 saturated heterocycles. The third kappa shape index (κ3) is 9.53. The minimum atomic E-state index is -4.45. The number of aryl methyl sites for hydroxylation is 4. The topological polar surface area (TPSA) is 220 Å². The van der Waals surface area contributed by atoms with Crippen LogP contribution in [-0.2, 0) is 14.9 Å². The molecule has 0 radical (unpaired) electrons. The fourth-order valence-corrected chi connectivity index (χ4v) is 6.84. The monoisotopic (exact) mass is 829 g/mol. The van der Waals surface area contributed by atoms with Crippen molar-refractivity contribution in [1.29, 1.82) is 0 Å². The van der Waals surface area contributed by atoms with Gasteiger partial charge in [-0.1, -0.05) is 22.8 Å². The molecule has 0 atom stereocenters. The Hall–Kier alpha value is -7.91. The summed E-state index contributed by atoms with van der Waals surface area (Å²) >= 11 is 0. The highest BCUT2D eigenvalue weighted by Crippen LogP contribution is 2.39. The van der Waals surface area contributed by atoms with Gasteiger partial charge in [0, 0.05) is 35.3 Å². The van der Waals surface area contributed by atoms with E-state index in [4.69, 9.17) is 5.73 Å². The van der Waals surface area contributed by atoms with E-state index in [1.165, 1.54) is 22.8 Å². The zero-order valence-corrected chi connectivity index (χ0v) is 34.1. The van der Waals surface area contributed by atoms with Gasteiger partial charge in [-0.25, -0.2) is 0 Å². The summed E-state index contributed by atoms with van der Waals surface area (Å²) in [6, 6.07) is 35.7. The molecule has 0 heterocycles. The zero-order chi connectivity index (χ0) is 43.3. The van der Waals surface area contributed by atoms with Crippen molar-refractivity contribution >= 4 is 89.5 Å². The van der Waals surface area contributed by atoms with Crippen molar-refractivity contribution in [2.24, 2.45) is 40.9 Å². The second-order valence-electron chi connectivity index (χ2n) is 14.0. The van der Waals surface area contributed by atoms with Crippen LogP contribution in [0.4, 0.5) is 62.6 Å². The van der Waals surface area contributed by atoms with Gasteiger partial charge in [-0.05, 0) is 140 Å². The maximum Gasteiger partial charge on any atom is 0.437 e. The number of isocyanates is 1. The number of rotatable bonds is 11. The normalized spacial score (nSPS) is 12.0. The standard InChI is InChI=1S/C45H36N10O5S/c1-27-21-34(12-19-38(27)49-47-33-13-20-39(28(2)22-33)50-51-40-7-5-6-8-44(40)61(58,59)60)48-53-42-23-30(4)43(24-29(42)3)54-52-41-18-9-31-25-36(16-17-37(31)45(41)57)55(26-56)35-14-10-32(46)11-15-35/h5-25H,46H2,1-4H3,(H-,47,48,51,54,57,58,59,60)/p+1. The van der Waals surface area contributed by atoms with Gasteiger partial charge in [-0.3, -0.25) is 4.55 Å². The maximum atomic E-state index is 11.9. The molecule has 0 fully saturated rings. The van der Waals surface area contributed by atoms with Crippen LogP contribution in [0, 0.1) is 27.7 Å². The number of aromatic hydroxyl groups is 1. The van der Waals surface area contributed by atoms with E-state index in [1.807, 2.05) is 52.0 Å². The Morgan fingerprint density at radius 1 is 0.525 bits per heavy atom. The molecule has 7 rings (SSSR count). The number of azo groups is 4. The van der Waals surface area contributed by atoms with E-state index in [9.17, 15) is 22.9 Å². The molecule has 0 aliphatic carbocycles. The molecule has 0 spiro atoms. The van der Waals surface area contributed by atoms with Crippen LogP contribution in [0.25, 0.3) is 10.8 Å². The third-order valence-corrected chi connectivity index (χ3v) is 10.5. The van der Waals surface area contributed by atoms with Gasteiger partial charge in [-0.15, -0.1) is 10.2 Å². The number of hydrogen-bond donors (Lipinski definition) is 3. The molecule has 0 saturated carbocycles. The van der Waals surface area contributed by atoms with Gasteiger partial charge in [-0.2, -0.15) is 43.9 Å². The summed E-state index contributed by atoms with van der Waals surface area (Å²) in [5.41, 5.74) is 14.7. The van der Waals surface area contributed by atoms with E-state index in [0.29, 0.717) is 62.0 Å². The molecule has 15 nitrogen and oxygen atoms in total. The van der Waals surface area contributed by atoms with Crippen LogP contribution < -0.4 is 10.3 Å². The fraction of sp³-hybridized carbons (Fsp3) is 0.0889. The number of carbonyl (C=O) groups excluding carboxylic acids is 1. The van der Waals surface area contributed by atoms with Crippen LogP contribution in [0.5, 0.6) is 5.75 Å². The van der Waals surface area contributed by atoms with Gasteiger partial charge in [0.25, 0.3) is 10.1 Å². The molecule has 0 aliphatic heterocycles. The lowest BCUT2D eigenvalue weighted by Crippen LogP contribution is -2.01. The van der Waals surface area contributed by atoms with Crippen molar-refractivity contribution in [3.05, 3.63) is 150 Å². The molecule has 7 aromatic carbocycles. The summed E-state index contributed by atoms with van der Waals surface area (Å²) in [4.78, 5) is 11.5. The molecule has 7 aromatic rings. The van der Waals surface area contributed by atoms with E-state index < -0.39 is 10.1 Å². The molecule has 302 valence electrons. The predicted octanol–water partition coefficient (Wildman–Crippen LogP) is 13.4. The highest BCUT2D eigenvalue weighted by Gasteiger charge is 2.18. The molecule has 4 N–H and O–H groups in total. The SMILES string of the molecule is Cc1cc(N=Nc2cc(C)c(N=Nc3ccc4cc([N+](=C=O)c5ccc(N)cc5)ccc4c3O)cc2C)ccc1N=Nc1ccc(N=Nc2ccccc2S(=O)(=O)O)c(C)c1. The Bertz CT molecular complexity index is 3140. The zero-order valence-electron chi connectivity index (χ0n) is 33.3. The number of phenols is 1. The number of nitrogens with two attached hydrogens (primary N) is 1. The molecular formula is C45H37N10O5S+. The number of fused-ring (bicyclic) bond motifs is 1. The Kier molecular flexibility index (Phi) is 11.9. The van der Waals surface area contributed by atoms with Gasteiger partial charge in [0.2, 0.25) is 11.4 Å². The number of phenolic OH excluding ortho intramolecular Hbond substituents is 1. The van der Waals surface area contributed by atoms with Crippen molar-refractivity contribution in [2.45, 2.75) is 32.6 Å². The molecular weight excluding hydrogens is 793 g/mol. The first-order valence-corrected chi connectivity index (χ1v) is 20.1. The molecule has 0 bridgehead atoms.